The molecule has 0 bridgehead atoms. The van der Waals surface area contributed by atoms with E-state index in [-0.39, 0.29) is 5.91 Å². The zero-order chi connectivity index (χ0) is 22.2. The Labute approximate surface area is 186 Å². The molecule has 8 nitrogen and oxygen atoms in total. The van der Waals surface area contributed by atoms with E-state index < -0.39 is 0 Å². The summed E-state index contributed by atoms with van der Waals surface area (Å²) in [6.45, 7) is 4.68. The van der Waals surface area contributed by atoms with Crippen LogP contribution in [0.1, 0.15) is 40.6 Å². The summed E-state index contributed by atoms with van der Waals surface area (Å²) < 4.78 is 9.05. The lowest BCUT2D eigenvalue weighted by molar-refractivity contribution is 0.102. The molecule has 0 aliphatic carbocycles. The summed E-state index contributed by atoms with van der Waals surface area (Å²) in [4.78, 5) is 20.2. The van der Waals surface area contributed by atoms with Gasteiger partial charge in [0.2, 0.25) is 0 Å². The fraction of sp³-hybridized carbons (Fsp3) is 0.375. The number of ether oxygens (including phenoxy) is 1. The molecule has 4 aromatic rings. The standard InChI is InChI=1S/C24H28N6O2/c1-16-19-8-6-17(13-22(19)28(2)27-16)24(31)25-18-7-9-23-26-20(15-30(23)14-18)21-5-4-10-29(21)11-12-32-3/h6-9,13-15,21H,4-5,10-12H2,1-3H3,(H,25,31). The maximum Gasteiger partial charge on any atom is 0.255 e. The van der Waals surface area contributed by atoms with Crippen LogP contribution < -0.4 is 5.32 Å². The molecule has 0 radical (unpaired) electrons. The third-order valence-electron chi connectivity index (χ3n) is 6.31. The molecule has 1 atom stereocenters. The summed E-state index contributed by atoms with van der Waals surface area (Å²) in [7, 11) is 3.63. The van der Waals surface area contributed by atoms with Gasteiger partial charge in [0.25, 0.3) is 5.91 Å². The summed E-state index contributed by atoms with van der Waals surface area (Å²) >= 11 is 0. The number of hydrogen-bond acceptors (Lipinski definition) is 5. The molecular weight excluding hydrogens is 404 g/mol. The van der Waals surface area contributed by atoms with Crippen molar-refractivity contribution in [2.75, 3.05) is 32.1 Å². The van der Waals surface area contributed by atoms with E-state index in [1.807, 2.05) is 54.9 Å². The Morgan fingerprint density at radius 3 is 2.97 bits per heavy atom. The third kappa shape index (κ3) is 3.76. The molecule has 0 spiro atoms. The molecular formula is C24H28N6O2. The molecule has 4 heterocycles. The number of methoxy groups -OCH3 is 1. The highest BCUT2D eigenvalue weighted by atomic mass is 16.5. The zero-order valence-corrected chi connectivity index (χ0v) is 18.7. The minimum Gasteiger partial charge on any atom is -0.383 e. The molecule has 5 rings (SSSR count). The lowest BCUT2D eigenvalue weighted by Crippen LogP contribution is -2.27. The lowest BCUT2D eigenvalue weighted by Gasteiger charge is -2.22. The predicted molar refractivity (Wildman–Crippen MR) is 124 cm³/mol. The number of benzene rings is 1. The van der Waals surface area contributed by atoms with Gasteiger partial charge < -0.3 is 14.5 Å². The molecule has 1 amide bonds. The van der Waals surface area contributed by atoms with Crippen molar-refractivity contribution in [3.63, 3.8) is 0 Å². The molecule has 1 aromatic carbocycles. The van der Waals surface area contributed by atoms with Gasteiger partial charge >= 0.3 is 0 Å². The van der Waals surface area contributed by atoms with Crippen molar-refractivity contribution in [3.05, 3.63) is 59.7 Å². The first-order valence-electron chi connectivity index (χ1n) is 11.0. The van der Waals surface area contributed by atoms with Gasteiger partial charge in [-0.1, -0.05) is 6.07 Å². The maximum absolute atomic E-state index is 12.9. The summed E-state index contributed by atoms with van der Waals surface area (Å²) in [5.41, 5.74) is 5.18. The Hall–Kier alpha value is -3.23. The van der Waals surface area contributed by atoms with Crippen LogP contribution in [0.3, 0.4) is 0 Å². The quantitative estimate of drug-likeness (QED) is 0.504. The van der Waals surface area contributed by atoms with E-state index >= 15 is 0 Å². The van der Waals surface area contributed by atoms with Gasteiger partial charge in [-0.05, 0) is 50.6 Å². The Kier molecular flexibility index (Phi) is 5.40. The second-order valence-electron chi connectivity index (χ2n) is 8.43. The highest BCUT2D eigenvalue weighted by molar-refractivity contribution is 6.06. The molecule has 3 aromatic heterocycles. The first kappa shape index (κ1) is 20.7. The highest BCUT2D eigenvalue weighted by Gasteiger charge is 2.27. The van der Waals surface area contributed by atoms with Crippen LogP contribution in [-0.2, 0) is 11.8 Å². The molecule has 1 N–H and O–H groups in total. The number of anilines is 1. The van der Waals surface area contributed by atoms with Gasteiger partial charge in [0.15, 0.2) is 0 Å². The normalized spacial score (nSPS) is 16.9. The van der Waals surface area contributed by atoms with E-state index in [0.717, 1.165) is 59.7 Å². The van der Waals surface area contributed by atoms with Crippen LogP contribution in [0.4, 0.5) is 5.69 Å². The van der Waals surface area contributed by atoms with Crippen LogP contribution in [-0.4, -0.2) is 56.8 Å². The first-order valence-corrected chi connectivity index (χ1v) is 11.0. The van der Waals surface area contributed by atoms with Gasteiger partial charge in [-0.15, -0.1) is 0 Å². The largest absolute Gasteiger partial charge is 0.383 e. The third-order valence-corrected chi connectivity index (χ3v) is 6.31. The van der Waals surface area contributed by atoms with Gasteiger partial charge in [0.05, 0.1) is 35.2 Å². The average molecular weight is 433 g/mol. The minimum atomic E-state index is -0.146. The fourth-order valence-electron chi connectivity index (χ4n) is 4.67. The molecule has 166 valence electrons. The monoisotopic (exact) mass is 432 g/mol. The van der Waals surface area contributed by atoms with Crippen molar-refractivity contribution in [2.24, 2.45) is 7.05 Å². The van der Waals surface area contributed by atoms with Gasteiger partial charge in [0.1, 0.15) is 5.65 Å². The summed E-state index contributed by atoms with van der Waals surface area (Å²) in [6, 6.07) is 9.84. The second kappa shape index (κ2) is 8.37. The summed E-state index contributed by atoms with van der Waals surface area (Å²) in [5, 5.41) is 8.50. The maximum atomic E-state index is 12.9. The molecule has 8 heteroatoms. The second-order valence-corrected chi connectivity index (χ2v) is 8.43. The number of aromatic nitrogens is 4. The van der Waals surface area contributed by atoms with Crippen LogP contribution in [0.15, 0.2) is 42.7 Å². The number of carbonyl (C=O) groups is 1. The van der Waals surface area contributed by atoms with Crippen LogP contribution >= 0.6 is 0 Å². The van der Waals surface area contributed by atoms with Gasteiger partial charge in [-0.25, -0.2) is 4.98 Å². The van der Waals surface area contributed by atoms with Crippen molar-refractivity contribution in [1.29, 1.82) is 0 Å². The van der Waals surface area contributed by atoms with Gasteiger partial charge in [0, 0.05) is 44.0 Å². The predicted octanol–water partition coefficient (Wildman–Crippen LogP) is 3.57. The van der Waals surface area contributed by atoms with Crippen molar-refractivity contribution in [1.82, 2.24) is 24.1 Å². The molecule has 1 aliphatic heterocycles. The van der Waals surface area contributed by atoms with Crippen LogP contribution in [0.2, 0.25) is 0 Å². The number of aryl methyl sites for hydroxylation is 2. The van der Waals surface area contributed by atoms with Crippen molar-refractivity contribution < 1.29 is 9.53 Å². The minimum absolute atomic E-state index is 0.146. The van der Waals surface area contributed by atoms with Crippen LogP contribution in [0.5, 0.6) is 0 Å². The van der Waals surface area contributed by atoms with Crippen molar-refractivity contribution in [2.45, 2.75) is 25.8 Å². The number of carbonyl (C=O) groups excluding carboxylic acids is 1. The molecule has 1 saturated heterocycles. The molecule has 0 saturated carbocycles. The summed E-state index contributed by atoms with van der Waals surface area (Å²) in [6.07, 6.45) is 6.27. The Balaban J connectivity index is 1.36. The zero-order valence-electron chi connectivity index (χ0n) is 18.7. The smallest absolute Gasteiger partial charge is 0.255 e. The average Bonchev–Trinajstić information content (AvgIpc) is 3.49. The molecule has 32 heavy (non-hydrogen) atoms. The molecule has 1 aliphatic rings. The van der Waals surface area contributed by atoms with Crippen LogP contribution in [0, 0.1) is 6.92 Å². The number of nitrogens with one attached hydrogen (secondary N) is 1. The number of fused-ring (bicyclic) bond motifs is 2. The Bertz CT molecular complexity index is 1290. The fourth-order valence-corrected chi connectivity index (χ4v) is 4.67. The van der Waals surface area contributed by atoms with E-state index in [9.17, 15) is 4.79 Å². The van der Waals surface area contributed by atoms with E-state index in [0.29, 0.717) is 11.6 Å². The SMILES string of the molecule is COCCN1CCCC1c1cn2cc(NC(=O)c3ccc4c(C)nn(C)c4c3)ccc2n1. The number of hydrogen-bond donors (Lipinski definition) is 1. The van der Waals surface area contributed by atoms with Crippen LogP contribution in [0.25, 0.3) is 16.6 Å². The number of imidazole rings is 1. The molecule has 1 fully saturated rings. The topological polar surface area (TPSA) is 76.7 Å². The van der Waals surface area contributed by atoms with E-state index in [4.69, 9.17) is 9.72 Å². The van der Waals surface area contributed by atoms with Crippen molar-refractivity contribution >= 4 is 28.1 Å². The first-order chi connectivity index (χ1) is 15.5. The van der Waals surface area contributed by atoms with Crippen molar-refractivity contribution in [3.8, 4) is 0 Å². The number of likely N-dealkylation sites (tertiary alicyclic amines) is 1. The van der Waals surface area contributed by atoms with Gasteiger partial charge in [-0.3, -0.25) is 14.4 Å². The Morgan fingerprint density at radius 2 is 2.12 bits per heavy atom. The molecule has 1 unspecified atom stereocenters. The van der Waals surface area contributed by atoms with E-state index in [2.05, 4.69) is 21.5 Å². The lowest BCUT2D eigenvalue weighted by atomic mass is 10.1. The van der Waals surface area contributed by atoms with Gasteiger partial charge in [-0.2, -0.15) is 5.10 Å². The number of nitrogens with zero attached hydrogens (tertiary/aromatic N) is 5. The summed E-state index contributed by atoms with van der Waals surface area (Å²) in [5.74, 6) is -0.146. The number of rotatable bonds is 6. The highest BCUT2D eigenvalue weighted by Crippen LogP contribution is 2.31. The number of amides is 1. The Morgan fingerprint density at radius 1 is 1.25 bits per heavy atom. The van der Waals surface area contributed by atoms with E-state index in [1.165, 1.54) is 6.42 Å². The number of pyridine rings is 1. The van der Waals surface area contributed by atoms with E-state index in [1.54, 1.807) is 11.8 Å².